The summed E-state index contributed by atoms with van der Waals surface area (Å²) < 4.78 is 51.9. The zero-order valence-corrected chi connectivity index (χ0v) is 24.5. The number of fused-ring (bicyclic) bond motifs is 2. The molecule has 12 heteroatoms. The molecule has 2 aromatic heterocycles. The Labute approximate surface area is 242 Å². The van der Waals surface area contributed by atoms with Crippen LogP contribution in [0.25, 0.3) is 16.9 Å². The summed E-state index contributed by atoms with van der Waals surface area (Å²) in [4.78, 5) is 34.6. The summed E-state index contributed by atoms with van der Waals surface area (Å²) in [5, 5.41) is 0. The predicted molar refractivity (Wildman–Crippen MR) is 152 cm³/mol. The molecular weight excluding hydrogens is 551 g/mol. The number of hydrogen-bond donors (Lipinski definition) is 0. The Morgan fingerprint density at radius 1 is 1.17 bits per heavy atom. The highest BCUT2D eigenvalue weighted by Crippen LogP contribution is 2.36. The van der Waals surface area contributed by atoms with Crippen LogP contribution in [0.1, 0.15) is 43.1 Å². The lowest BCUT2D eigenvalue weighted by Crippen LogP contribution is -2.43. The molecule has 1 atom stereocenters. The van der Waals surface area contributed by atoms with E-state index in [2.05, 4.69) is 9.88 Å². The first-order valence-corrected chi connectivity index (χ1v) is 14.0. The number of pyridine rings is 1. The van der Waals surface area contributed by atoms with E-state index in [0.717, 1.165) is 47.0 Å². The average Bonchev–Trinajstić information content (AvgIpc) is 3.54. The molecule has 226 valence electrons. The second-order valence-corrected chi connectivity index (χ2v) is 12.0. The van der Waals surface area contributed by atoms with Crippen molar-refractivity contribution in [2.45, 2.75) is 45.4 Å². The maximum atomic E-state index is 13.0. The maximum absolute atomic E-state index is 13.0. The van der Waals surface area contributed by atoms with Crippen LogP contribution < -0.4 is 9.64 Å². The number of carbonyl (C=O) groups is 2. The monoisotopic (exact) mass is 587 g/mol. The van der Waals surface area contributed by atoms with Crippen molar-refractivity contribution in [2.24, 2.45) is 5.92 Å². The Morgan fingerprint density at radius 2 is 1.93 bits per heavy atom. The van der Waals surface area contributed by atoms with Crippen molar-refractivity contribution in [1.29, 1.82) is 0 Å². The van der Waals surface area contributed by atoms with E-state index in [9.17, 15) is 22.8 Å². The molecule has 9 nitrogen and oxygen atoms in total. The number of imidazole rings is 1. The minimum atomic E-state index is -4.47. The van der Waals surface area contributed by atoms with Crippen molar-refractivity contribution in [1.82, 2.24) is 19.2 Å². The van der Waals surface area contributed by atoms with Gasteiger partial charge in [-0.3, -0.25) is 9.20 Å². The van der Waals surface area contributed by atoms with Crippen LogP contribution >= 0.6 is 0 Å². The molecule has 2 amide bonds. The van der Waals surface area contributed by atoms with Crippen LogP contribution in [0.5, 0.6) is 5.75 Å². The lowest BCUT2D eigenvalue weighted by atomic mass is 9.94. The largest absolute Gasteiger partial charge is 0.496 e. The van der Waals surface area contributed by atoms with Gasteiger partial charge in [-0.1, -0.05) is 0 Å². The molecule has 3 aromatic rings. The summed E-state index contributed by atoms with van der Waals surface area (Å²) >= 11 is 0. The van der Waals surface area contributed by atoms with E-state index in [0.29, 0.717) is 24.4 Å². The summed E-state index contributed by atoms with van der Waals surface area (Å²) in [5.74, 6) is -0.127. The van der Waals surface area contributed by atoms with E-state index in [4.69, 9.17) is 9.47 Å². The van der Waals surface area contributed by atoms with Crippen LogP contribution in [0.2, 0.25) is 0 Å². The van der Waals surface area contributed by atoms with Crippen molar-refractivity contribution in [2.75, 3.05) is 51.8 Å². The van der Waals surface area contributed by atoms with Crippen molar-refractivity contribution < 1.29 is 32.2 Å². The molecule has 1 fully saturated rings. The standard InChI is InChI=1S/C30H36F3N5O4/c1-29(2,3)42-28(40)35(4)16-19-6-9-36(17-19)22-8-11-38-23(15-34-25(38)14-22)21-12-20-7-10-37(18-30(31,32)33)27(39)26(20)24(13-21)41-5/h8,11-15,19H,6-7,9-10,16-18H2,1-5H3. The number of benzene rings is 1. The lowest BCUT2D eigenvalue weighted by molar-refractivity contribution is -0.141. The Hall–Kier alpha value is -3.96. The van der Waals surface area contributed by atoms with E-state index < -0.39 is 24.2 Å². The quantitative estimate of drug-likeness (QED) is 0.392. The van der Waals surface area contributed by atoms with Gasteiger partial charge in [0.05, 0.1) is 24.6 Å². The maximum Gasteiger partial charge on any atom is 0.410 e. The van der Waals surface area contributed by atoms with Gasteiger partial charge in [0.1, 0.15) is 23.5 Å². The molecule has 0 spiro atoms. The number of nitrogens with zero attached hydrogens (tertiary/aromatic N) is 5. The fraction of sp³-hybridized carbons (Fsp3) is 0.500. The Balaban J connectivity index is 1.33. The molecule has 1 aromatic carbocycles. The number of hydrogen-bond acceptors (Lipinski definition) is 6. The van der Waals surface area contributed by atoms with Gasteiger partial charge in [-0.15, -0.1) is 0 Å². The Bertz CT molecular complexity index is 1480. The molecule has 0 bridgehead atoms. The normalized spacial score (nSPS) is 17.5. The molecule has 42 heavy (non-hydrogen) atoms. The zero-order valence-electron chi connectivity index (χ0n) is 24.5. The van der Waals surface area contributed by atoms with Gasteiger partial charge < -0.3 is 24.2 Å². The van der Waals surface area contributed by atoms with Gasteiger partial charge in [-0.2, -0.15) is 13.2 Å². The fourth-order valence-corrected chi connectivity index (χ4v) is 5.70. The third-order valence-corrected chi connectivity index (χ3v) is 7.61. The van der Waals surface area contributed by atoms with Crippen LogP contribution in [-0.2, 0) is 11.2 Å². The second-order valence-electron chi connectivity index (χ2n) is 12.0. The first-order chi connectivity index (χ1) is 19.7. The summed E-state index contributed by atoms with van der Waals surface area (Å²) in [6.45, 7) is 6.53. The second kappa shape index (κ2) is 11.0. The number of anilines is 1. The summed E-state index contributed by atoms with van der Waals surface area (Å²) in [7, 11) is 3.17. The van der Waals surface area contributed by atoms with Crippen molar-refractivity contribution in [3.63, 3.8) is 0 Å². The highest BCUT2D eigenvalue weighted by molar-refractivity contribution is 6.00. The van der Waals surface area contributed by atoms with Gasteiger partial charge in [-0.25, -0.2) is 9.78 Å². The molecule has 2 aliphatic rings. The third kappa shape index (κ3) is 6.27. The van der Waals surface area contributed by atoms with Crippen LogP contribution in [0, 0.1) is 5.92 Å². The van der Waals surface area contributed by atoms with Crippen molar-refractivity contribution in [3.8, 4) is 17.0 Å². The van der Waals surface area contributed by atoms with Crippen LogP contribution in [0.4, 0.5) is 23.7 Å². The van der Waals surface area contributed by atoms with Crippen molar-refractivity contribution in [3.05, 3.63) is 47.8 Å². The molecule has 0 N–H and O–H groups in total. The lowest BCUT2D eigenvalue weighted by Gasteiger charge is -2.30. The average molecular weight is 588 g/mol. The topological polar surface area (TPSA) is 79.6 Å². The number of alkyl halides is 3. The number of amides is 2. The van der Waals surface area contributed by atoms with Crippen LogP contribution in [0.15, 0.2) is 36.7 Å². The van der Waals surface area contributed by atoms with E-state index in [1.54, 1.807) is 24.2 Å². The van der Waals surface area contributed by atoms with E-state index in [1.165, 1.54) is 7.11 Å². The van der Waals surface area contributed by atoms with Gasteiger partial charge >= 0.3 is 12.3 Å². The first kappa shape index (κ1) is 29.5. The molecular formula is C30H36F3N5O4. The highest BCUT2D eigenvalue weighted by atomic mass is 19.4. The minimum absolute atomic E-state index is 0.0150. The van der Waals surface area contributed by atoms with Gasteiger partial charge in [-0.05, 0) is 63.3 Å². The zero-order chi connectivity index (χ0) is 30.4. The van der Waals surface area contributed by atoms with Gasteiger partial charge in [0, 0.05) is 56.7 Å². The first-order valence-electron chi connectivity index (χ1n) is 14.0. The SMILES string of the molecule is COc1cc(-c2cnc3cc(N4CCC(CN(C)C(=O)OC(C)(C)C)C4)ccn23)cc2c1C(=O)N(CC(F)(F)F)CC2. The predicted octanol–water partition coefficient (Wildman–Crippen LogP) is 5.26. The van der Waals surface area contributed by atoms with Gasteiger partial charge in [0.2, 0.25) is 0 Å². The summed E-state index contributed by atoms with van der Waals surface area (Å²) in [6, 6.07) is 7.55. The molecule has 5 rings (SSSR count). The Kier molecular flexibility index (Phi) is 7.76. The summed E-state index contributed by atoms with van der Waals surface area (Å²) in [5.41, 5.74) is 3.59. The highest BCUT2D eigenvalue weighted by Gasteiger charge is 2.37. The molecule has 2 aliphatic heterocycles. The summed E-state index contributed by atoms with van der Waals surface area (Å²) in [6.07, 6.45) is 0.128. The van der Waals surface area contributed by atoms with E-state index >= 15 is 0 Å². The number of methoxy groups -OCH3 is 1. The number of aromatic nitrogens is 2. The van der Waals surface area contributed by atoms with Crippen LogP contribution in [-0.4, -0.2) is 89.8 Å². The Morgan fingerprint density at radius 3 is 2.62 bits per heavy atom. The minimum Gasteiger partial charge on any atom is -0.496 e. The smallest absolute Gasteiger partial charge is 0.410 e. The molecule has 0 aliphatic carbocycles. The van der Waals surface area contributed by atoms with E-state index in [-0.39, 0.29) is 24.0 Å². The van der Waals surface area contributed by atoms with Crippen molar-refractivity contribution >= 4 is 23.3 Å². The number of ether oxygens (including phenoxy) is 2. The fourth-order valence-electron chi connectivity index (χ4n) is 5.70. The third-order valence-electron chi connectivity index (χ3n) is 7.61. The molecule has 1 unspecified atom stereocenters. The molecule has 0 saturated carbocycles. The number of halogens is 3. The van der Waals surface area contributed by atoms with E-state index in [1.807, 2.05) is 49.6 Å². The molecule has 1 saturated heterocycles. The van der Waals surface area contributed by atoms with Gasteiger partial charge in [0.25, 0.3) is 5.91 Å². The molecule has 4 heterocycles. The number of rotatable bonds is 6. The van der Waals surface area contributed by atoms with Crippen LogP contribution in [0.3, 0.4) is 0 Å². The van der Waals surface area contributed by atoms with Gasteiger partial charge in [0.15, 0.2) is 0 Å². The number of carbonyl (C=O) groups excluding carboxylic acids is 2. The molecule has 0 radical (unpaired) electrons.